The van der Waals surface area contributed by atoms with Gasteiger partial charge in [0, 0.05) is 48.3 Å². The first-order valence-electron chi connectivity index (χ1n) is 10.1. The van der Waals surface area contributed by atoms with E-state index in [1.807, 2.05) is 24.3 Å². The summed E-state index contributed by atoms with van der Waals surface area (Å²) in [5, 5.41) is 2.86. The van der Waals surface area contributed by atoms with Gasteiger partial charge in [0.1, 0.15) is 17.5 Å². The number of hydrogen-bond acceptors (Lipinski definition) is 5. The van der Waals surface area contributed by atoms with Crippen molar-refractivity contribution in [1.29, 1.82) is 0 Å². The number of aromatic nitrogens is 2. The first-order valence-corrected chi connectivity index (χ1v) is 10.1. The molecular weight excluding hydrogens is 394 g/mol. The Bertz CT molecular complexity index is 1010. The maximum absolute atomic E-state index is 13.1. The Morgan fingerprint density at radius 1 is 1.03 bits per heavy atom. The fourth-order valence-electron chi connectivity index (χ4n) is 3.24. The number of benzene rings is 2. The molecule has 7 nitrogen and oxygen atoms in total. The number of carbonyl (C=O) groups is 2. The normalized spacial score (nSPS) is 11.8. The Balaban J connectivity index is 1.81. The van der Waals surface area contributed by atoms with Gasteiger partial charge in [0.2, 0.25) is 5.91 Å². The van der Waals surface area contributed by atoms with E-state index in [9.17, 15) is 9.59 Å². The van der Waals surface area contributed by atoms with E-state index < -0.39 is 6.04 Å². The van der Waals surface area contributed by atoms with E-state index in [2.05, 4.69) is 24.1 Å². The average molecular weight is 421 g/mol. The molecule has 0 aliphatic heterocycles. The van der Waals surface area contributed by atoms with Crippen LogP contribution in [0.25, 0.3) is 0 Å². The van der Waals surface area contributed by atoms with Gasteiger partial charge < -0.3 is 19.4 Å². The van der Waals surface area contributed by atoms with Crippen LogP contribution in [0, 0.1) is 0 Å². The zero-order valence-electron chi connectivity index (χ0n) is 18.2. The SMILES string of the molecule is COc1cc(NC(=O)C(CC(=O)c2ccc(C(C)C)cc2)n2ccnc2)cc(OC)c1. The van der Waals surface area contributed by atoms with Gasteiger partial charge in [-0.3, -0.25) is 9.59 Å². The monoisotopic (exact) mass is 421 g/mol. The topological polar surface area (TPSA) is 82.5 Å². The van der Waals surface area contributed by atoms with Gasteiger partial charge in [0.25, 0.3) is 0 Å². The molecule has 0 aliphatic carbocycles. The standard InChI is InChI=1S/C24H27N3O4/c1-16(2)17-5-7-18(8-6-17)23(28)14-22(27-10-9-25-15-27)24(29)26-19-11-20(30-3)13-21(12-19)31-4/h5-13,15-16,22H,14H2,1-4H3,(H,26,29). The molecule has 31 heavy (non-hydrogen) atoms. The predicted molar refractivity (Wildman–Crippen MR) is 119 cm³/mol. The van der Waals surface area contributed by atoms with Crippen molar-refractivity contribution < 1.29 is 19.1 Å². The Labute approximate surface area is 182 Å². The molecule has 0 bridgehead atoms. The average Bonchev–Trinajstić information content (AvgIpc) is 3.31. The lowest BCUT2D eigenvalue weighted by Crippen LogP contribution is -2.27. The van der Waals surface area contributed by atoms with Crippen LogP contribution < -0.4 is 14.8 Å². The van der Waals surface area contributed by atoms with Gasteiger partial charge in [-0.2, -0.15) is 0 Å². The molecular formula is C24H27N3O4. The van der Waals surface area contributed by atoms with E-state index in [-0.39, 0.29) is 18.1 Å². The van der Waals surface area contributed by atoms with Crippen LogP contribution in [0.1, 0.15) is 48.1 Å². The number of ketones is 1. The van der Waals surface area contributed by atoms with E-state index in [4.69, 9.17) is 9.47 Å². The third-order valence-electron chi connectivity index (χ3n) is 5.08. The van der Waals surface area contributed by atoms with Crippen molar-refractivity contribution in [3.8, 4) is 11.5 Å². The lowest BCUT2D eigenvalue weighted by atomic mass is 9.98. The number of ether oxygens (including phenoxy) is 2. The summed E-state index contributed by atoms with van der Waals surface area (Å²) >= 11 is 0. The lowest BCUT2D eigenvalue weighted by molar-refractivity contribution is -0.119. The molecule has 0 aliphatic rings. The van der Waals surface area contributed by atoms with Crippen molar-refractivity contribution in [2.75, 3.05) is 19.5 Å². The molecule has 0 spiro atoms. The molecule has 1 amide bonds. The van der Waals surface area contributed by atoms with Crippen LogP contribution in [0.5, 0.6) is 11.5 Å². The predicted octanol–water partition coefficient (Wildman–Crippen LogP) is 4.48. The number of amides is 1. The number of methoxy groups -OCH3 is 2. The Morgan fingerprint density at radius 2 is 1.68 bits per heavy atom. The van der Waals surface area contributed by atoms with Gasteiger partial charge in [-0.1, -0.05) is 38.1 Å². The molecule has 1 aromatic heterocycles. The van der Waals surface area contributed by atoms with Crippen molar-refractivity contribution in [1.82, 2.24) is 9.55 Å². The number of carbonyl (C=O) groups excluding carboxylic acids is 2. The largest absolute Gasteiger partial charge is 0.497 e. The van der Waals surface area contributed by atoms with Crippen LogP contribution in [-0.4, -0.2) is 35.5 Å². The first kappa shape index (κ1) is 22.1. The van der Waals surface area contributed by atoms with Gasteiger partial charge in [0.15, 0.2) is 5.78 Å². The molecule has 0 radical (unpaired) electrons. The fourth-order valence-corrected chi connectivity index (χ4v) is 3.24. The number of rotatable bonds is 9. The number of Topliss-reactive ketones (excluding diaryl/α,β-unsaturated/α-hetero) is 1. The number of anilines is 1. The second-order valence-corrected chi connectivity index (χ2v) is 7.52. The minimum Gasteiger partial charge on any atom is -0.497 e. The third kappa shape index (κ3) is 5.51. The number of nitrogens with zero attached hydrogens (tertiary/aromatic N) is 2. The second-order valence-electron chi connectivity index (χ2n) is 7.52. The lowest BCUT2D eigenvalue weighted by Gasteiger charge is -2.18. The van der Waals surface area contributed by atoms with E-state index in [0.29, 0.717) is 28.7 Å². The summed E-state index contributed by atoms with van der Waals surface area (Å²) in [5.74, 6) is 1.03. The third-order valence-corrected chi connectivity index (χ3v) is 5.08. The summed E-state index contributed by atoms with van der Waals surface area (Å²) in [4.78, 5) is 30.1. The molecule has 3 rings (SSSR count). The van der Waals surface area contributed by atoms with Gasteiger partial charge in [-0.05, 0) is 11.5 Å². The fraction of sp³-hybridized carbons (Fsp3) is 0.292. The highest BCUT2D eigenvalue weighted by Gasteiger charge is 2.24. The van der Waals surface area contributed by atoms with E-state index in [0.717, 1.165) is 5.56 Å². The molecule has 0 saturated heterocycles. The van der Waals surface area contributed by atoms with Crippen LogP contribution in [0.4, 0.5) is 5.69 Å². The molecule has 1 heterocycles. The molecule has 0 saturated carbocycles. The highest BCUT2D eigenvalue weighted by Crippen LogP contribution is 2.27. The summed E-state index contributed by atoms with van der Waals surface area (Å²) in [6.45, 7) is 4.20. The van der Waals surface area contributed by atoms with Crippen molar-refractivity contribution in [2.24, 2.45) is 0 Å². The van der Waals surface area contributed by atoms with Crippen molar-refractivity contribution in [2.45, 2.75) is 32.2 Å². The van der Waals surface area contributed by atoms with Crippen molar-refractivity contribution >= 4 is 17.4 Å². The zero-order valence-corrected chi connectivity index (χ0v) is 18.2. The van der Waals surface area contributed by atoms with Crippen LogP contribution in [-0.2, 0) is 4.79 Å². The Kier molecular flexibility index (Phi) is 7.07. The highest BCUT2D eigenvalue weighted by atomic mass is 16.5. The van der Waals surface area contributed by atoms with Crippen molar-refractivity contribution in [3.05, 3.63) is 72.3 Å². The highest BCUT2D eigenvalue weighted by molar-refractivity contribution is 6.02. The zero-order chi connectivity index (χ0) is 22.4. The maximum atomic E-state index is 13.1. The van der Waals surface area contributed by atoms with Crippen LogP contribution in [0.2, 0.25) is 0 Å². The molecule has 162 valence electrons. The molecule has 3 aromatic rings. The van der Waals surface area contributed by atoms with E-state index >= 15 is 0 Å². The van der Waals surface area contributed by atoms with Crippen molar-refractivity contribution in [3.63, 3.8) is 0 Å². The summed E-state index contributed by atoms with van der Waals surface area (Å²) in [7, 11) is 3.08. The summed E-state index contributed by atoms with van der Waals surface area (Å²) in [5.41, 5.74) is 2.25. The van der Waals surface area contributed by atoms with Gasteiger partial charge in [-0.25, -0.2) is 4.98 Å². The van der Waals surface area contributed by atoms with Crippen LogP contribution in [0.15, 0.2) is 61.2 Å². The summed E-state index contributed by atoms with van der Waals surface area (Å²) in [6, 6.07) is 11.9. The van der Waals surface area contributed by atoms with Crippen LogP contribution >= 0.6 is 0 Å². The number of hydrogen-bond donors (Lipinski definition) is 1. The molecule has 1 atom stereocenters. The van der Waals surface area contributed by atoms with E-state index in [1.54, 1.807) is 35.2 Å². The Morgan fingerprint density at radius 3 is 2.19 bits per heavy atom. The summed E-state index contributed by atoms with van der Waals surface area (Å²) < 4.78 is 12.2. The number of nitrogens with one attached hydrogen (secondary N) is 1. The molecule has 0 fully saturated rings. The minimum atomic E-state index is -0.753. The molecule has 7 heteroatoms. The first-order chi connectivity index (χ1) is 14.9. The maximum Gasteiger partial charge on any atom is 0.247 e. The Hall–Kier alpha value is -3.61. The van der Waals surface area contributed by atoms with Gasteiger partial charge in [-0.15, -0.1) is 0 Å². The molecule has 2 aromatic carbocycles. The minimum absolute atomic E-state index is 0.00429. The van der Waals surface area contributed by atoms with Crippen LogP contribution in [0.3, 0.4) is 0 Å². The van der Waals surface area contributed by atoms with E-state index in [1.165, 1.54) is 20.5 Å². The van der Waals surface area contributed by atoms with Gasteiger partial charge in [0.05, 0.1) is 20.5 Å². The summed E-state index contributed by atoms with van der Waals surface area (Å²) in [6.07, 6.45) is 4.79. The molecule has 1 unspecified atom stereocenters. The molecule has 1 N–H and O–H groups in total. The second kappa shape index (κ2) is 9.93. The number of imidazole rings is 1. The quantitative estimate of drug-likeness (QED) is 0.515. The smallest absolute Gasteiger partial charge is 0.247 e. The van der Waals surface area contributed by atoms with Gasteiger partial charge >= 0.3 is 0 Å².